The average molecular weight is 487 g/mol. The Hall–Kier alpha value is -3.69. The molecule has 7 rings (SSSR count). The number of likely N-dealkylation sites (N-methyl/N-ethyl adjacent to an activating group) is 1. The molecule has 4 aliphatic rings. The molecule has 1 N–H and O–H groups in total. The van der Waals surface area contributed by atoms with Crippen molar-refractivity contribution in [2.75, 3.05) is 43.4 Å². The highest BCUT2D eigenvalue weighted by Gasteiger charge is 2.42. The molecule has 0 bridgehead atoms. The molecule has 3 aromatic heterocycles. The van der Waals surface area contributed by atoms with Gasteiger partial charge in [-0.15, -0.1) is 0 Å². The first-order valence-corrected chi connectivity index (χ1v) is 13.0. The first-order valence-electron chi connectivity index (χ1n) is 13.0. The molecule has 10 heteroatoms. The van der Waals surface area contributed by atoms with Crippen LogP contribution in [0.4, 0.5) is 17.5 Å². The molecular formula is C26H30N8O2. The molecule has 2 unspecified atom stereocenters. The maximum absolute atomic E-state index is 13.0. The van der Waals surface area contributed by atoms with Crippen molar-refractivity contribution < 1.29 is 9.59 Å². The highest BCUT2D eigenvalue weighted by atomic mass is 16.2. The number of carbonyl (C=O) groups excluding carboxylic acids is 2. The summed E-state index contributed by atoms with van der Waals surface area (Å²) in [5.41, 5.74) is 2.55. The molecule has 10 nitrogen and oxygen atoms in total. The van der Waals surface area contributed by atoms with Crippen LogP contribution in [-0.4, -0.2) is 80.4 Å². The Balaban J connectivity index is 1.08. The van der Waals surface area contributed by atoms with Gasteiger partial charge < -0.3 is 24.6 Å². The van der Waals surface area contributed by atoms with Gasteiger partial charge in [-0.25, -0.2) is 9.97 Å². The third-order valence-electron chi connectivity index (χ3n) is 8.26. The Morgan fingerprint density at radius 2 is 1.81 bits per heavy atom. The van der Waals surface area contributed by atoms with E-state index in [0.29, 0.717) is 23.4 Å². The standard InChI is InChI=1S/C26H30N8O2/c1-31-19-3-2-4-20(19)34-21(25(31)36)13-17-14-28-26(30-23(17)34)29-22-8-7-18(15-27-22)32-9-11-33(12-10-32)24(35)16-5-6-16/h7-8,13-16,19-20H,2-6,9-12H2,1H3,(H,27,28,29,30). The summed E-state index contributed by atoms with van der Waals surface area (Å²) < 4.78 is 2.13. The summed E-state index contributed by atoms with van der Waals surface area (Å²) >= 11 is 0. The molecule has 0 spiro atoms. The molecule has 0 radical (unpaired) electrons. The molecule has 1 saturated heterocycles. The van der Waals surface area contributed by atoms with E-state index >= 15 is 0 Å². The number of hydrogen-bond acceptors (Lipinski definition) is 7. The molecule has 2 atom stereocenters. The van der Waals surface area contributed by atoms with Gasteiger partial charge in [0.25, 0.3) is 5.91 Å². The summed E-state index contributed by atoms with van der Waals surface area (Å²) in [7, 11) is 1.91. The molecule has 2 amide bonds. The van der Waals surface area contributed by atoms with Crippen LogP contribution in [0, 0.1) is 5.92 Å². The lowest BCUT2D eigenvalue weighted by atomic mass is 10.1. The molecule has 3 aromatic rings. The smallest absolute Gasteiger partial charge is 0.270 e. The lowest BCUT2D eigenvalue weighted by Crippen LogP contribution is -2.49. The molecule has 3 fully saturated rings. The fraction of sp³-hybridized carbons (Fsp3) is 0.500. The minimum absolute atomic E-state index is 0.0562. The van der Waals surface area contributed by atoms with E-state index in [4.69, 9.17) is 4.98 Å². The van der Waals surface area contributed by atoms with Crippen LogP contribution >= 0.6 is 0 Å². The lowest BCUT2D eigenvalue weighted by Gasteiger charge is -2.36. The SMILES string of the molecule is CN1C(=O)c2cc3cnc(Nc4ccc(N5CCN(C(=O)C6CC6)CC5)cn4)nc3n2C2CCCC21. The number of rotatable bonds is 4. The Labute approximate surface area is 209 Å². The number of amides is 2. The topological polar surface area (TPSA) is 99.5 Å². The summed E-state index contributed by atoms with van der Waals surface area (Å²) in [6.45, 7) is 3.18. The van der Waals surface area contributed by atoms with Crippen LogP contribution in [0.25, 0.3) is 11.0 Å². The maximum Gasteiger partial charge on any atom is 0.270 e. The number of nitrogens with zero attached hydrogens (tertiary/aromatic N) is 7. The van der Waals surface area contributed by atoms with E-state index < -0.39 is 0 Å². The van der Waals surface area contributed by atoms with Crippen LogP contribution in [0.1, 0.15) is 48.6 Å². The van der Waals surface area contributed by atoms with Crippen LogP contribution in [0.5, 0.6) is 0 Å². The lowest BCUT2D eigenvalue weighted by molar-refractivity contribution is -0.132. The summed E-state index contributed by atoms with van der Waals surface area (Å²) in [5.74, 6) is 1.80. The van der Waals surface area contributed by atoms with Gasteiger partial charge in [0.2, 0.25) is 11.9 Å². The van der Waals surface area contributed by atoms with Crippen molar-refractivity contribution >= 4 is 40.3 Å². The van der Waals surface area contributed by atoms with Crippen LogP contribution in [-0.2, 0) is 4.79 Å². The Morgan fingerprint density at radius 1 is 1.00 bits per heavy atom. The number of fused-ring (bicyclic) bond motifs is 5. The molecule has 5 heterocycles. The normalized spacial score (nSPS) is 23.7. The van der Waals surface area contributed by atoms with E-state index in [9.17, 15) is 9.59 Å². The molecular weight excluding hydrogens is 456 g/mol. The first kappa shape index (κ1) is 21.6. The number of carbonyl (C=O) groups is 2. The number of nitrogens with one attached hydrogen (secondary N) is 1. The monoisotopic (exact) mass is 486 g/mol. The summed E-state index contributed by atoms with van der Waals surface area (Å²) in [6.07, 6.45) is 8.95. The van der Waals surface area contributed by atoms with Gasteiger partial charge in [0, 0.05) is 50.7 Å². The van der Waals surface area contributed by atoms with Crippen LogP contribution < -0.4 is 10.2 Å². The number of hydrogen-bond donors (Lipinski definition) is 1. The van der Waals surface area contributed by atoms with Crippen molar-refractivity contribution in [1.29, 1.82) is 0 Å². The summed E-state index contributed by atoms with van der Waals surface area (Å²) in [5, 5.41) is 4.11. The third kappa shape index (κ3) is 3.50. The maximum atomic E-state index is 13.0. The number of aromatic nitrogens is 4. The van der Waals surface area contributed by atoms with Crippen LogP contribution in [0.2, 0.25) is 0 Å². The molecule has 2 saturated carbocycles. The second kappa shape index (κ2) is 8.18. The predicted octanol–water partition coefficient (Wildman–Crippen LogP) is 2.81. The van der Waals surface area contributed by atoms with Gasteiger partial charge in [-0.3, -0.25) is 9.59 Å². The zero-order chi connectivity index (χ0) is 24.4. The van der Waals surface area contributed by atoms with Crippen molar-refractivity contribution in [3.8, 4) is 0 Å². The van der Waals surface area contributed by atoms with Gasteiger partial charge in [0.05, 0.1) is 24.0 Å². The largest absolute Gasteiger partial charge is 0.367 e. The molecule has 2 aliphatic carbocycles. The molecule has 2 aliphatic heterocycles. The number of piperazine rings is 1. The minimum atomic E-state index is 0.0562. The van der Waals surface area contributed by atoms with E-state index in [-0.39, 0.29) is 23.9 Å². The second-order valence-corrected chi connectivity index (χ2v) is 10.5. The highest BCUT2D eigenvalue weighted by molar-refractivity contribution is 5.99. The van der Waals surface area contributed by atoms with Gasteiger partial charge in [0.15, 0.2) is 0 Å². The zero-order valence-corrected chi connectivity index (χ0v) is 20.4. The van der Waals surface area contributed by atoms with Crippen molar-refractivity contribution in [3.63, 3.8) is 0 Å². The summed E-state index contributed by atoms with van der Waals surface area (Å²) in [6, 6.07) is 6.39. The quantitative estimate of drug-likeness (QED) is 0.605. The summed E-state index contributed by atoms with van der Waals surface area (Å²) in [4.78, 5) is 45.3. The first-order chi connectivity index (χ1) is 17.6. The van der Waals surface area contributed by atoms with Crippen LogP contribution in [0.15, 0.2) is 30.6 Å². The van der Waals surface area contributed by atoms with Crippen molar-refractivity contribution in [3.05, 3.63) is 36.3 Å². The van der Waals surface area contributed by atoms with E-state index in [2.05, 4.69) is 24.8 Å². The fourth-order valence-electron chi connectivity index (χ4n) is 6.11. The predicted molar refractivity (Wildman–Crippen MR) is 135 cm³/mol. The van der Waals surface area contributed by atoms with E-state index in [1.165, 1.54) is 0 Å². The minimum Gasteiger partial charge on any atom is -0.367 e. The van der Waals surface area contributed by atoms with E-state index in [1.54, 1.807) is 6.20 Å². The highest BCUT2D eigenvalue weighted by Crippen LogP contribution is 2.41. The van der Waals surface area contributed by atoms with Gasteiger partial charge in [-0.1, -0.05) is 0 Å². The Morgan fingerprint density at radius 3 is 2.56 bits per heavy atom. The van der Waals surface area contributed by atoms with Crippen molar-refractivity contribution in [2.45, 2.75) is 44.2 Å². The van der Waals surface area contributed by atoms with E-state index in [0.717, 1.165) is 75.0 Å². The zero-order valence-electron chi connectivity index (χ0n) is 20.4. The molecule has 0 aromatic carbocycles. The third-order valence-corrected chi connectivity index (χ3v) is 8.26. The van der Waals surface area contributed by atoms with Gasteiger partial charge in [-0.05, 0) is 50.3 Å². The van der Waals surface area contributed by atoms with E-state index in [1.807, 2.05) is 41.2 Å². The average Bonchev–Trinajstić information content (AvgIpc) is 3.52. The fourth-order valence-corrected chi connectivity index (χ4v) is 6.11. The van der Waals surface area contributed by atoms with Crippen LogP contribution in [0.3, 0.4) is 0 Å². The number of anilines is 3. The van der Waals surface area contributed by atoms with Gasteiger partial charge in [-0.2, -0.15) is 4.98 Å². The second-order valence-electron chi connectivity index (χ2n) is 10.5. The van der Waals surface area contributed by atoms with Gasteiger partial charge >= 0.3 is 0 Å². The van der Waals surface area contributed by atoms with Crippen molar-refractivity contribution in [1.82, 2.24) is 29.3 Å². The van der Waals surface area contributed by atoms with Crippen molar-refractivity contribution in [2.24, 2.45) is 5.92 Å². The number of pyridine rings is 1. The molecule has 186 valence electrons. The Kier molecular flexibility index (Phi) is 4.90. The van der Waals surface area contributed by atoms with Gasteiger partial charge in [0.1, 0.15) is 17.2 Å². The molecule has 36 heavy (non-hydrogen) atoms. The Bertz CT molecular complexity index is 1340.